The lowest BCUT2D eigenvalue weighted by Crippen LogP contribution is -2.30. The Hall–Kier alpha value is -2.22. The van der Waals surface area contributed by atoms with Gasteiger partial charge in [-0.1, -0.05) is 0 Å². The van der Waals surface area contributed by atoms with Crippen LogP contribution in [0.2, 0.25) is 0 Å². The smallest absolute Gasteiger partial charge is 0.327 e. The fourth-order valence-electron chi connectivity index (χ4n) is 2.75. The molecule has 0 atom stereocenters. The van der Waals surface area contributed by atoms with E-state index >= 15 is 0 Å². The van der Waals surface area contributed by atoms with Gasteiger partial charge in [0.1, 0.15) is 17.9 Å². The first-order valence-electron chi connectivity index (χ1n) is 7.45. The van der Waals surface area contributed by atoms with Gasteiger partial charge in [-0.15, -0.1) is 11.3 Å². The molecule has 0 aliphatic heterocycles. The zero-order valence-electron chi connectivity index (χ0n) is 12.4. The van der Waals surface area contributed by atoms with Gasteiger partial charge in [0.25, 0.3) is 5.56 Å². The molecular formula is C15H14FN3O3S. The molecule has 1 saturated carbocycles. The van der Waals surface area contributed by atoms with Crippen molar-refractivity contribution in [3.63, 3.8) is 0 Å². The molecule has 4 rings (SSSR count). The molecule has 0 radical (unpaired) electrons. The van der Waals surface area contributed by atoms with Gasteiger partial charge in [-0.25, -0.2) is 4.68 Å². The quantitative estimate of drug-likeness (QED) is 0.686. The van der Waals surface area contributed by atoms with Crippen LogP contribution in [0.25, 0.3) is 15.7 Å². The zero-order chi connectivity index (χ0) is 16.1. The van der Waals surface area contributed by atoms with Crippen molar-refractivity contribution in [3.05, 3.63) is 33.4 Å². The summed E-state index contributed by atoms with van der Waals surface area (Å²) in [6.07, 6.45) is 1.96. The molecule has 3 aromatic rings. The summed E-state index contributed by atoms with van der Waals surface area (Å²) >= 11 is 1.00. The third-order valence-corrected chi connectivity index (χ3v) is 4.75. The second-order valence-electron chi connectivity index (χ2n) is 5.57. The maximum absolute atomic E-state index is 13.5. The summed E-state index contributed by atoms with van der Waals surface area (Å²) in [4.78, 5) is 24.3. The largest absolute Gasteiger partial charge is 0.465 e. The number of esters is 1. The highest BCUT2D eigenvalue weighted by Crippen LogP contribution is 2.40. The van der Waals surface area contributed by atoms with Gasteiger partial charge < -0.3 is 4.74 Å². The Labute approximate surface area is 134 Å². The lowest BCUT2D eigenvalue weighted by Gasteiger charge is -2.10. The van der Waals surface area contributed by atoms with Crippen LogP contribution in [0.5, 0.6) is 0 Å². The van der Waals surface area contributed by atoms with Gasteiger partial charge in [0.05, 0.1) is 16.8 Å². The monoisotopic (exact) mass is 335 g/mol. The molecule has 0 unspecified atom stereocenters. The topological polar surface area (TPSA) is 65.6 Å². The first-order valence-corrected chi connectivity index (χ1v) is 8.27. The number of carbonyl (C=O) groups is 1. The molecule has 0 amide bonds. The van der Waals surface area contributed by atoms with E-state index in [9.17, 15) is 14.0 Å². The summed E-state index contributed by atoms with van der Waals surface area (Å²) in [5.74, 6) is 0.453. The summed E-state index contributed by atoms with van der Waals surface area (Å²) in [5.41, 5.74) is 0.719. The molecule has 0 bridgehead atoms. The second kappa shape index (κ2) is 5.16. The van der Waals surface area contributed by atoms with Crippen molar-refractivity contribution < 1.29 is 13.9 Å². The van der Waals surface area contributed by atoms with Crippen LogP contribution in [0.15, 0.2) is 16.9 Å². The summed E-state index contributed by atoms with van der Waals surface area (Å²) < 4.78 is 22.0. The lowest BCUT2D eigenvalue weighted by atomic mass is 10.4. The van der Waals surface area contributed by atoms with Crippen LogP contribution in [0.3, 0.4) is 0 Å². The third kappa shape index (κ3) is 2.33. The highest BCUT2D eigenvalue weighted by atomic mass is 32.1. The predicted molar refractivity (Wildman–Crippen MR) is 83.4 cm³/mol. The average molecular weight is 335 g/mol. The molecule has 3 aromatic heterocycles. The van der Waals surface area contributed by atoms with Gasteiger partial charge in [0, 0.05) is 12.0 Å². The second-order valence-corrected chi connectivity index (χ2v) is 6.60. The molecule has 0 aromatic carbocycles. The summed E-state index contributed by atoms with van der Waals surface area (Å²) in [5, 5.41) is 4.07. The van der Waals surface area contributed by atoms with E-state index < -0.39 is 5.97 Å². The Morgan fingerprint density at radius 1 is 1.43 bits per heavy atom. The number of halogens is 1. The van der Waals surface area contributed by atoms with Crippen LogP contribution in [-0.4, -0.2) is 26.8 Å². The molecule has 0 saturated heterocycles. The van der Waals surface area contributed by atoms with Gasteiger partial charge in [0.15, 0.2) is 5.13 Å². The number of aromatic nitrogens is 3. The summed E-state index contributed by atoms with van der Waals surface area (Å²) in [6, 6.07) is 3.09. The number of fused-ring (bicyclic) bond motifs is 3. The molecule has 23 heavy (non-hydrogen) atoms. The lowest BCUT2D eigenvalue weighted by molar-refractivity contribution is -0.144. The van der Waals surface area contributed by atoms with Crippen molar-refractivity contribution in [2.45, 2.75) is 32.2 Å². The summed E-state index contributed by atoms with van der Waals surface area (Å²) in [7, 11) is 0. The molecular weight excluding hydrogens is 321 g/mol. The van der Waals surface area contributed by atoms with Crippen LogP contribution < -0.4 is 5.56 Å². The Bertz CT molecular complexity index is 983. The van der Waals surface area contributed by atoms with Crippen molar-refractivity contribution in [1.82, 2.24) is 14.2 Å². The van der Waals surface area contributed by atoms with Crippen LogP contribution in [0, 0.1) is 5.13 Å². The minimum absolute atomic E-state index is 0.212. The molecule has 1 fully saturated rings. The molecule has 3 heterocycles. The molecule has 0 N–H and O–H groups in total. The van der Waals surface area contributed by atoms with Gasteiger partial charge >= 0.3 is 5.97 Å². The van der Waals surface area contributed by atoms with Crippen molar-refractivity contribution in [2.75, 3.05) is 6.61 Å². The number of carbonyl (C=O) groups excluding carboxylic acids is 1. The van der Waals surface area contributed by atoms with Crippen LogP contribution in [-0.2, 0) is 16.1 Å². The first kappa shape index (κ1) is 14.4. The maximum Gasteiger partial charge on any atom is 0.327 e. The molecule has 120 valence electrons. The van der Waals surface area contributed by atoms with E-state index in [1.165, 1.54) is 6.07 Å². The van der Waals surface area contributed by atoms with E-state index in [4.69, 9.17) is 4.74 Å². The number of ether oxygens (including phenoxy) is 1. The predicted octanol–water partition coefficient (Wildman–Crippen LogP) is 2.29. The number of hydrogen-bond acceptors (Lipinski definition) is 5. The van der Waals surface area contributed by atoms with Crippen molar-refractivity contribution in [1.29, 1.82) is 0 Å². The number of hydrogen-bond donors (Lipinski definition) is 0. The molecule has 0 spiro atoms. The Morgan fingerprint density at radius 2 is 2.22 bits per heavy atom. The van der Waals surface area contributed by atoms with E-state index in [0.29, 0.717) is 21.6 Å². The maximum atomic E-state index is 13.5. The van der Waals surface area contributed by atoms with Crippen molar-refractivity contribution in [2.24, 2.45) is 0 Å². The van der Waals surface area contributed by atoms with Gasteiger partial charge in [-0.05, 0) is 25.8 Å². The van der Waals surface area contributed by atoms with Crippen molar-refractivity contribution >= 4 is 33.0 Å². The fourth-order valence-corrected chi connectivity index (χ4v) is 3.56. The average Bonchev–Trinajstić information content (AvgIpc) is 3.19. The van der Waals surface area contributed by atoms with Gasteiger partial charge in [-0.2, -0.15) is 9.49 Å². The van der Waals surface area contributed by atoms with Gasteiger partial charge in [-0.3, -0.25) is 14.0 Å². The number of nitrogens with zero attached hydrogens (tertiary/aromatic N) is 3. The standard InChI is InChI=1S/C15H14FN3O3S/c1-2-22-13(20)7-18-15(21)10-5-11-9(6-12(16)23-11)19(10)14(17-18)8-3-4-8/h5-6,8H,2-4,7H2,1H3. The van der Waals surface area contributed by atoms with Gasteiger partial charge in [0.2, 0.25) is 0 Å². The van der Waals surface area contributed by atoms with E-state index in [1.54, 1.807) is 17.4 Å². The van der Waals surface area contributed by atoms with E-state index in [0.717, 1.165) is 28.9 Å². The minimum Gasteiger partial charge on any atom is -0.465 e. The van der Waals surface area contributed by atoms with Crippen LogP contribution in [0.4, 0.5) is 4.39 Å². The molecule has 8 heteroatoms. The Balaban J connectivity index is 1.94. The Kier molecular flexibility index (Phi) is 3.22. The SMILES string of the molecule is CCOC(=O)Cn1nc(C2CC2)n2c(cc3sc(F)cc32)c1=O. The fraction of sp³-hybridized carbons (Fsp3) is 0.400. The molecule has 6 nitrogen and oxygen atoms in total. The van der Waals surface area contributed by atoms with Crippen molar-refractivity contribution in [3.8, 4) is 0 Å². The number of thiophene rings is 1. The minimum atomic E-state index is -0.493. The normalized spacial score (nSPS) is 14.7. The number of rotatable bonds is 4. The highest BCUT2D eigenvalue weighted by molar-refractivity contribution is 7.17. The first-order chi connectivity index (χ1) is 11.1. The molecule has 1 aliphatic rings. The van der Waals surface area contributed by atoms with Crippen LogP contribution in [0.1, 0.15) is 31.5 Å². The van der Waals surface area contributed by atoms with Crippen LogP contribution >= 0.6 is 11.3 Å². The third-order valence-electron chi connectivity index (χ3n) is 3.89. The van der Waals surface area contributed by atoms with E-state index in [2.05, 4.69) is 5.10 Å². The summed E-state index contributed by atoms with van der Waals surface area (Å²) in [6.45, 7) is 1.75. The zero-order valence-corrected chi connectivity index (χ0v) is 13.2. The Morgan fingerprint density at radius 3 is 2.91 bits per heavy atom. The highest BCUT2D eigenvalue weighted by Gasteiger charge is 2.30. The van der Waals surface area contributed by atoms with E-state index in [-0.39, 0.29) is 29.8 Å². The van der Waals surface area contributed by atoms with E-state index in [1.807, 2.05) is 0 Å². The molecule has 1 aliphatic carbocycles.